The van der Waals surface area contributed by atoms with Crippen LogP contribution in [-0.2, 0) is 27.3 Å². The number of hydrogen-bond acceptors (Lipinski definition) is 4. The quantitative estimate of drug-likeness (QED) is 0.113. The Labute approximate surface area is 295 Å². The first kappa shape index (κ1) is 34.5. The van der Waals surface area contributed by atoms with Crippen LogP contribution in [0, 0.1) is 18.8 Å². The van der Waals surface area contributed by atoms with Crippen LogP contribution in [0.15, 0.2) is 84.9 Å². The van der Waals surface area contributed by atoms with E-state index in [2.05, 4.69) is 65.8 Å². The minimum Gasteiger partial charge on any atom is -0.449 e. The van der Waals surface area contributed by atoms with E-state index in [4.69, 9.17) is 4.74 Å². The molecular formula is C43H45N3O4. The summed E-state index contributed by atoms with van der Waals surface area (Å²) in [4.78, 5) is 40.3. The predicted molar refractivity (Wildman–Crippen MR) is 198 cm³/mol. The predicted octanol–water partition coefficient (Wildman–Crippen LogP) is 7.80. The molecule has 2 aliphatic rings. The third kappa shape index (κ3) is 8.26. The minimum absolute atomic E-state index is 0.0338. The number of unbranched alkanes of at least 4 members (excludes halogenated alkanes) is 1. The molecule has 50 heavy (non-hydrogen) atoms. The van der Waals surface area contributed by atoms with Gasteiger partial charge in [-0.2, -0.15) is 0 Å². The van der Waals surface area contributed by atoms with Gasteiger partial charge in [0, 0.05) is 43.0 Å². The van der Waals surface area contributed by atoms with E-state index >= 15 is 0 Å². The summed E-state index contributed by atoms with van der Waals surface area (Å²) in [7, 11) is 0. The molecule has 0 saturated carbocycles. The molecule has 2 N–H and O–H groups in total. The van der Waals surface area contributed by atoms with Crippen LogP contribution in [0.5, 0.6) is 0 Å². The Morgan fingerprint density at radius 2 is 1.54 bits per heavy atom. The number of fused-ring (bicyclic) bond motifs is 5. The highest BCUT2D eigenvalue weighted by atomic mass is 16.5. The van der Waals surface area contributed by atoms with Crippen molar-refractivity contribution in [1.29, 1.82) is 0 Å². The molecule has 0 bridgehead atoms. The number of carbonyl (C=O) groups excluding carboxylic acids is 3. The summed E-state index contributed by atoms with van der Waals surface area (Å²) in [6, 6.07) is 28.7. The average molecular weight is 668 g/mol. The van der Waals surface area contributed by atoms with Gasteiger partial charge in [-0.05, 0) is 90.6 Å². The highest BCUT2D eigenvalue weighted by molar-refractivity contribution is 5.95. The number of aryl methyl sites for hydroxylation is 2. The lowest BCUT2D eigenvalue weighted by atomic mass is 9.95. The Hall–Kier alpha value is -5.35. The van der Waals surface area contributed by atoms with Crippen LogP contribution in [0.4, 0.5) is 10.5 Å². The van der Waals surface area contributed by atoms with Gasteiger partial charge in [0.2, 0.25) is 11.8 Å². The first-order valence-electron chi connectivity index (χ1n) is 17.8. The summed E-state index contributed by atoms with van der Waals surface area (Å²) in [5.41, 5.74) is 10.6. The molecule has 1 atom stereocenters. The van der Waals surface area contributed by atoms with Gasteiger partial charge in [-0.25, -0.2) is 4.79 Å². The molecule has 3 amide bonds. The van der Waals surface area contributed by atoms with Crippen LogP contribution in [0.3, 0.4) is 0 Å². The van der Waals surface area contributed by atoms with E-state index in [0.717, 1.165) is 52.8 Å². The summed E-state index contributed by atoms with van der Waals surface area (Å²) in [6.07, 6.45) is 4.22. The average Bonchev–Trinajstić information content (AvgIpc) is 3.42. The third-order valence-electron chi connectivity index (χ3n) is 9.45. The smallest absolute Gasteiger partial charge is 0.407 e. The molecule has 7 nitrogen and oxygen atoms in total. The second kappa shape index (κ2) is 16.4. The number of carbonyl (C=O) groups is 3. The van der Waals surface area contributed by atoms with Crippen molar-refractivity contribution in [2.24, 2.45) is 0 Å². The number of ether oxygens (including phenoxy) is 1. The van der Waals surface area contributed by atoms with Crippen molar-refractivity contribution >= 4 is 23.6 Å². The number of alkyl carbamates (subject to hydrolysis) is 1. The molecule has 1 aliphatic carbocycles. The molecule has 4 aromatic carbocycles. The maximum Gasteiger partial charge on any atom is 0.407 e. The fourth-order valence-corrected chi connectivity index (χ4v) is 6.81. The zero-order valence-electron chi connectivity index (χ0n) is 29.0. The molecule has 1 heterocycles. The lowest BCUT2D eigenvalue weighted by molar-refractivity contribution is -0.121. The molecule has 0 spiro atoms. The van der Waals surface area contributed by atoms with Crippen LogP contribution in [-0.4, -0.2) is 37.6 Å². The van der Waals surface area contributed by atoms with Crippen molar-refractivity contribution in [2.75, 3.05) is 24.6 Å². The minimum atomic E-state index is -0.457. The Balaban J connectivity index is 1.01. The Morgan fingerprint density at radius 3 is 2.38 bits per heavy atom. The van der Waals surface area contributed by atoms with E-state index in [1.807, 2.05) is 60.4 Å². The molecular weight excluding hydrogens is 622 g/mol. The van der Waals surface area contributed by atoms with Crippen molar-refractivity contribution < 1.29 is 19.1 Å². The second-order valence-electron chi connectivity index (χ2n) is 13.2. The van der Waals surface area contributed by atoms with Gasteiger partial charge in [0.05, 0.1) is 12.2 Å². The fraction of sp³-hybridized carbons (Fsp3) is 0.326. The van der Waals surface area contributed by atoms with Crippen LogP contribution in [0.25, 0.3) is 11.1 Å². The van der Waals surface area contributed by atoms with Gasteiger partial charge in [-0.3, -0.25) is 9.59 Å². The van der Waals surface area contributed by atoms with Crippen molar-refractivity contribution in [1.82, 2.24) is 10.6 Å². The molecule has 7 heteroatoms. The van der Waals surface area contributed by atoms with Crippen LogP contribution in [0.2, 0.25) is 0 Å². The van der Waals surface area contributed by atoms with E-state index in [1.54, 1.807) is 0 Å². The molecule has 0 aromatic heterocycles. The van der Waals surface area contributed by atoms with Gasteiger partial charge in [-0.1, -0.05) is 91.1 Å². The highest BCUT2D eigenvalue weighted by Gasteiger charge is 2.30. The Morgan fingerprint density at radius 1 is 0.800 bits per heavy atom. The number of amides is 3. The van der Waals surface area contributed by atoms with Crippen LogP contribution in [0.1, 0.15) is 90.3 Å². The topological polar surface area (TPSA) is 87.7 Å². The summed E-state index contributed by atoms with van der Waals surface area (Å²) < 4.78 is 5.80. The zero-order valence-corrected chi connectivity index (χ0v) is 29.0. The number of benzene rings is 4. The molecule has 4 aromatic rings. The van der Waals surface area contributed by atoms with Gasteiger partial charge >= 0.3 is 6.09 Å². The lowest BCUT2D eigenvalue weighted by Gasteiger charge is -2.26. The summed E-state index contributed by atoms with van der Waals surface area (Å²) in [5.74, 6) is 6.57. The Bertz CT molecular complexity index is 1940. The maximum absolute atomic E-state index is 13.5. The first-order valence-corrected chi connectivity index (χ1v) is 17.8. The SMILES string of the molecule is CCCNC(=O)CCCc1ccc2c(c1)C(COC(=O)NCCCCC(=O)N1Cc3ccccc3C#Cc3ccccc31)c1cc(C)ccc1-2. The van der Waals surface area contributed by atoms with Gasteiger partial charge in [-0.15, -0.1) is 0 Å². The molecule has 6 rings (SSSR count). The fourth-order valence-electron chi connectivity index (χ4n) is 6.81. The van der Waals surface area contributed by atoms with E-state index in [9.17, 15) is 14.4 Å². The van der Waals surface area contributed by atoms with Crippen molar-refractivity contribution in [3.05, 3.63) is 124 Å². The normalized spacial score (nSPS) is 13.7. The van der Waals surface area contributed by atoms with Crippen molar-refractivity contribution in [2.45, 2.75) is 71.3 Å². The summed E-state index contributed by atoms with van der Waals surface area (Å²) >= 11 is 0. The molecule has 0 fully saturated rings. The summed E-state index contributed by atoms with van der Waals surface area (Å²) in [6.45, 7) is 5.96. The van der Waals surface area contributed by atoms with Gasteiger partial charge in [0.25, 0.3) is 0 Å². The molecule has 256 valence electrons. The lowest BCUT2D eigenvalue weighted by Crippen LogP contribution is -2.32. The number of hydrogen-bond donors (Lipinski definition) is 2. The number of para-hydroxylation sites is 1. The van der Waals surface area contributed by atoms with Crippen LogP contribution < -0.4 is 15.5 Å². The molecule has 0 saturated heterocycles. The van der Waals surface area contributed by atoms with E-state index in [-0.39, 0.29) is 24.3 Å². The molecule has 1 unspecified atom stereocenters. The molecule has 0 radical (unpaired) electrons. The number of nitrogens with zero attached hydrogens (tertiary/aromatic N) is 1. The number of rotatable bonds is 13. The van der Waals surface area contributed by atoms with Crippen LogP contribution >= 0.6 is 0 Å². The number of nitrogens with one attached hydrogen (secondary N) is 2. The van der Waals surface area contributed by atoms with Gasteiger partial charge in [0.1, 0.15) is 6.61 Å². The summed E-state index contributed by atoms with van der Waals surface area (Å²) in [5, 5.41) is 5.84. The van der Waals surface area contributed by atoms with Gasteiger partial charge < -0.3 is 20.3 Å². The maximum atomic E-state index is 13.5. The second-order valence-corrected chi connectivity index (χ2v) is 13.2. The van der Waals surface area contributed by atoms with Gasteiger partial charge in [0.15, 0.2) is 0 Å². The van der Waals surface area contributed by atoms with Crippen molar-refractivity contribution in [3.63, 3.8) is 0 Å². The highest BCUT2D eigenvalue weighted by Crippen LogP contribution is 2.45. The van der Waals surface area contributed by atoms with E-state index in [1.165, 1.54) is 22.3 Å². The van der Waals surface area contributed by atoms with E-state index < -0.39 is 6.09 Å². The third-order valence-corrected chi connectivity index (χ3v) is 9.45. The van der Waals surface area contributed by atoms with Crippen molar-refractivity contribution in [3.8, 4) is 23.0 Å². The Kier molecular flexibility index (Phi) is 11.3. The first-order chi connectivity index (χ1) is 24.4. The zero-order chi connectivity index (χ0) is 34.9. The monoisotopic (exact) mass is 667 g/mol. The molecule has 1 aliphatic heterocycles. The van der Waals surface area contributed by atoms with E-state index in [0.29, 0.717) is 45.3 Å². The standard InChI is InChI=1S/C43H45N3O4/c1-3-24-44-41(47)16-10-11-31-19-23-36-35-22-18-30(2)26-37(35)39(38(36)27-31)29-50-43(49)45-25-9-8-17-42(48)46-28-34-14-5-4-12-32(34)20-21-33-13-6-7-15-40(33)46/h4-7,12-15,18-19,22-23,26-27,39H,3,8-11,16-17,24-25,28-29H2,1-2H3,(H,44,47)(H,45,49). The largest absolute Gasteiger partial charge is 0.449 e. The number of anilines is 1.